The standard InChI is InChI=1S/C29H40N4O5/c1-19(2)33(27(36)23(15-16-24(30)34)32-28(37)38-29(4,5)6)25(22-14-10-11-20(3)17-22)26(35)31-18-21-12-8-7-9-13-21/h7-14,17,19,23,25H,15-16,18H2,1-6H3,(H2,30,34)(H,31,35)(H,32,37). The van der Waals surface area contributed by atoms with Gasteiger partial charge in [0.05, 0.1) is 0 Å². The number of rotatable bonds is 11. The van der Waals surface area contributed by atoms with Gasteiger partial charge in [0.15, 0.2) is 0 Å². The van der Waals surface area contributed by atoms with Gasteiger partial charge in [0, 0.05) is 19.0 Å². The molecule has 0 aliphatic rings. The summed E-state index contributed by atoms with van der Waals surface area (Å²) in [6, 6.07) is 14.3. The van der Waals surface area contributed by atoms with Crippen LogP contribution in [0.2, 0.25) is 0 Å². The van der Waals surface area contributed by atoms with E-state index in [1.807, 2.05) is 55.5 Å². The summed E-state index contributed by atoms with van der Waals surface area (Å²) in [5.74, 6) is -1.50. The molecule has 2 aromatic carbocycles. The summed E-state index contributed by atoms with van der Waals surface area (Å²) in [5.41, 5.74) is 7.03. The van der Waals surface area contributed by atoms with Crippen molar-refractivity contribution in [3.05, 3.63) is 71.3 Å². The molecule has 9 heteroatoms. The minimum Gasteiger partial charge on any atom is -0.444 e. The van der Waals surface area contributed by atoms with E-state index in [0.29, 0.717) is 5.56 Å². The van der Waals surface area contributed by atoms with Crippen LogP contribution >= 0.6 is 0 Å². The minimum atomic E-state index is -1.13. The normalized spacial score (nSPS) is 12.8. The number of carbonyl (C=O) groups excluding carboxylic acids is 4. The summed E-state index contributed by atoms with van der Waals surface area (Å²) in [6.45, 7) is 10.9. The average molecular weight is 525 g/mol. The van der Waals surface area contributed by atoms with E-state index in [1.165, 1.54) is 4.90 Å². The van der Waals surface area contributed by atoms with Gasteiger partial charge in [-0.1, -0.05) is 60.2 Å². The van der Waals surface area contributed by atoms with Gasteiger partial charge in [0.2, 0.25) is 17.7 Å². The highest BCUT2D eigenvalue weighted by Gasteiger charge is 2.37. The Labute approximate surface area is 225 Å². The minimum absolute atomic E-state index is 0.0389. The highest BCUT2D eigenvalue weighted by molar-refractivity contribution is 5.92. The number of nitrogens with one attached hydrogen (secondary N) is 2. The quantitative estimate of drug-likeness (QED) is 0.412. The molecule has 0 aliphatic carbocycles. The molecular weight excluding hydrogens is 484 g/mol. The largest absolute Gasteiger partial charge is 0.444 e. The first-order valence-corrected chi connectivity index (χ1v) is 12.8. The van der Waals surface area contributed by atoms with Crippen LogP contribution in [0.15, 0.2) is 54.6 Å². The number of primary amides is 1. The number of benzene rings is 2. The Morgan fingerprint density at radius 2 is 1.66 bits per heavy atom. The SMILES string of the molecule is Cc1cccc(C(C(=O)NCc2ccccc2)N(C(=O)C(CCC(N)=O)NC(=O)OC(C)(C)C)C(C)C)c1. The van der Waals surface area contributed by atoms with Gasteiger partial charge in [-0.05, 0) is 59.1 Å². The second-order valence-corrected chi connectivity index (χ2v) is 10.6. The van der Waals surface area contributed by atoms with E-state index in [9.17, 15) is 19.2 Å². The third kappa shape index (κ3) is 9.53. The van der Waals surface area contributed by atoms with Crippen molar-refractivity contribution in [2.75, 3.05) is 0 Å². The summed E-state index contributed by atoms with van der Waals surface area (Å²) >= 11 is 0. The molecule has 2 rings (SSSR count). The maximum Gasteiger partial charge on any atom is 0.408 e. The van der Waals surface area contributed by atoms with Gasteiger partial charge in [-0.3, -0.25) is 14.4 Å². The lowest BCUT2D eigenvalue weighted by atomic mass is 9.98. The molecule has 0 saturated carbocycles. The summed E-state index contributed by atoms with van der Waals surface area (Å²) in [4.78, 5) is 53.3. The molecule has 0 spiro atoms. The first-order valence-electron chi connectivity index (χ1n) is 12.8. The Morgan fingerprint density at radius 1 is 1.00 bits per heavy atom. The molecule has 2 unspecified atom stereocenters. The van der Waals surface area contributed by atoms with E-state index in [4.69, 9.17) is 10.5 Å². The van der Waals surface area contributed by atoms with Gasteiger partial charge in [-0.25, -0.2) is 4.79 Å². The van der Waals surface area contributed by atoms with Crippen LogP contribution in [0, 0.1) is 6.92 Å². The van der Waals surface area contributed by atoms with Gasteiger partial charge < -0.3 is 26.0 Å². The fraction of sp³-hybridized carbons (Fsp3) is 0.448. The van der Waals surface area contributed by atoms with Crippen molar-refractivity contribution in [1.82, 2.24) is 15.5 Å². The van der Waals surface area contributed by atoms with Crippen molar-refractivity contribution in [3.63, 3.8) is 0 Å². The fourth-order valence-corrected chi connectivity index (χ4v) is 4.01. The monoisotopic (exact) mass is 524 g/mol. The van der Waals surface area contributed by atoms with Crippen molar-refractivity contribution < 1.29 is 23.9 Å². The third-order valence-corrected chi connectivity index (χ3v) is 5.67. The number of nitrogens with zero attached hydrogens (tertiary/aromatic N) is 1. The summed E-state index contributed by atoms with van der Waals surface area (Å²) in [7, 11) is 0. The van der Waals surface area contributed by atoms with E-state index in [2.05, 4.69) is 10.6 Å². The van der Waals surface area contributed by atoms with Crippen LogP contribution in [0.1, 0.15) is 70.2 Å². The zero-order valence-electron chi connectivity index (χ0n) is 23.1. The van der Waals surface area contributed by atoms with E-state index in [-0.39, 0.29) is 25.3 Å². The number of amides is 4. The van der Waals surface area contributed by atoms with Crippen LogP contribution < -0.4 is 16.4 Å². The molecule has 0 aliphatic heterocycles. The average Bonchev–Trinajstić information content (AvgIpc) is 2.82. The Morgan fingerprint density at radius 3 is 2.21 bits per heavy atom. The van der Waals surface area contributed by atoms with Gasteiger partial charge in [-0.2, -0.15) is 0 Å². The van der Waals surface area contributed by atoms with Gasteiger partial charge in [-0.15, -0.1) is 0 Å². The Bertz CT molecular complexity index is 1110. The molecule has 4 amide bonds. The molecular formula is C29H40N4O5. The van der Waals surface area contributed by atoms with Crippen LogP contribution in [0.3, 0.4) is 0 Å². The van der Waals surface area contributed by atoms with Gasteiger partial charge in [0.1, 0.15) is 17.7 Å². The number of hydrogen-bond donors (Lipinski definition) is 3. The Balaban J connectivity index is 2.45. The molecule has 2 aromatic rings. The maximum atomic E-state index is 14.0. The number of ether oxygens (including phenoxy) is 1. The number of aryl methyl sites for hydroxylation is 1. The van der Waals surface area contributed by atoms with E-state index >= 15 is 0 Å². The molecule has 0 fully saturated rings. The van der Waals surface area contributed by atoms with Crippen molar-refractivity contribution >= 4 is 23.8 Å². The highest BCUT2D eigenvalue weighted by Crippen LogP contribution is 2.26. The molecule has 206 valence electrons. The zero-order chi connectivity index (χ0) is 28.5. The molecule has 0 bridgehead atoms. The summed E-state index contributed by atoms with van der Waals surface area (Å²) in [6.07, 6.45) is -0.972. The van der Waals surface area contributed by atoms with Crippen LogP contribution in [0.5, 0.6) is 0 Å². The maximum absolute atomic E-state index is 14.0. The highest BCUT2D eigenvalue weighted by atomic mass is 16.6. The predicted molar refractivity (Wildman–Crippen MR) is 146 cm³/mol. The van der Waals surface area contributed by atoms with E-state index < -0.39 is 41.6 Å². The Hall–Kier alpha value is -3.88. The van der Waals surface area contributed by atoms with Crippen molar-refractivity contribution in [3.8, 4) is 0 Å². The molecule has 38 heavy (non-hydrogen) atoms. The number of alkyl carbamates (subject to hydrolysis) is 1. The second-order valence-electron chi connectivity index (χ2n) is 10.6. The Kier molecular flexibility index (Phi) is 10.9. The third-order valence-electron chi connectivity index (χ3n) is 5.67. The molecule has 0 heterocycles. The van der Waals surface area contributed by atoms with Crippen molar-refractivity contribution in [2.45, 2.75) is 84.7 Å². The molecule has 0 aromatic heterocycles. The van der Waals surface area contributed by atoms with Gasteiger partial charge >= 0.3 is 6.09 Å². The molecule has 4 N–H and O–H groups in total. The number of hydrogen-bond acceptors (Lipinski definition) is 5. The smallest absolute Gasteiger partial charge is 0.408 e. The summed E-state index contributed by atoms with van der Waals surface area (Å²) < 4.78 is 5.35. The van der Waals surface area contributed by atoms with Gasteiger partial charge in [0.25, 0.3) is 0 Å². The zero-order valence-corrected chi connectivity index (χ0v) is 23.1. The summed E-state index contributed by atoms with van der Waals surface area (Å²) in [5, 5.41) is 5.54. The lowest BCUT2D eigenvalue weighted by molar-refractivity contribution is -0.144. The fourth-order valence-electron chi connectivity index (χ4n) is 4.01. The lowest BCUT2D eigenvalue weighted by Gasteiger charge is -2.37. The van der Waals surface area contributed by atoms with Crippen molar-refractivity contribution in [1.29, 1.82) is 0 Å². The number of nitrogens with two attached hydrogens (primary N) is 1. The lowest BCUT2D eigenvalue weighted by Crippen LogP contribution is -2.55. The predicted octanol–water partition coefficient (Wildman–Crippen LogP) is 3.75. The second kappa shape index (κ2) is 13.6. The number of carbonyl (C=O) groups is 4. The van der Waals surface area contributed by atoms with Crippen molar-refractivity contribution in [2.24, 2.45) is 5.73 Å². The van der Waals surface area contributed by atoms with E-state index in [1.54, 1.807) is 40.7 Å². The van der Waals surface area contributed by atoms with Crippen LogP contribution in [0.25, 0.3) is 0 Å². The van der Waals surface area contributed by atoms with Crippen LogP contribution in [-0.2, 0) is 25.7 Å². The first-order chi connectivity index (χ1) is 17.8. The molecule has 9 nitrogen and oxygen atoms in total. The van der Waals surface area contributed by atoms with Crippen LogP contribution in [0.4, 0.5) is 4.79 Å². The molecule has 0 radical (unpaired) electrons. The molecule has 2 atom stereocenters. The van der Waals surface area contributed by atoms with E-state index in [0.717, 1.165) is 11.1 Å². The van der Waals surface area contributed by atoms with Crippen LogP contribution in [-0.4, -0.2) is 46.4 Å². The molecule has 0 saturated heterocycles. The topological polar surface area (TPSA) is 131 Å². The first kappa shape index (κ1) is 30.3.